The molecule has 3 nitrogen and oxygen atoms in total. The molecule has 0 spiro atoms. The molecule has 1 aliphatic heterocycles. The van der Waals surface area contributed by atoms with E-state index in [2.05, 4.69) is 37.9 Å². The van der Waals surface area contributed by atoms with Gasteiger partial charge in [-0.15, -0.1) is 0 Å². The molecule has 1 N–H and O–H groups in total. The summed E-state index contributed by atoms with van der Waals surface area (Å²) in [7, 11) is 0. The van der Waals surface area contributed by atoms with E-state index in [0.29, 0.717) is 12.1 Å². The van der Waals surface area contributed by atoms with Crippen LogP contribution in [-0.4, -0.2) is 49.8 Å². The molecule has 1 heterocycles. The third-order valence-corrected chi connectivity index (χ3v) is 4.28. The Kier molecular flexibility index (Phi) is 8.67. The zero-order valence-electron chi connectivity index (χ0n) is 13.5. The molecular weight excluding hydrogens is 236 g/mol. The maximum Gasteiger partial charge on any atom is 0.0518 e. The summed E-state index contributed by atoms with van der Waals surface area (Å²) >= 11 is 0. The molecule has 0 aliphatic carbocycles. The van der Waals surface area contributed by atoms with Crippen molar-refractivity contribution in [3.63, 3.8) is 0 Å². The predicted octanol–water partition coefficient (Wildman–Crippen LogP) is 2.90. The second-order valence-electron chi connectivity index (χ2n) is 6.14. The molecule has 0 bridgehead atoms. The molecule has 0 saturated carbocycles. The Bertz CT molecular complexity index is 213. The highest BCUT2D eigenvalue weighted by atomic mass is 16.5. The lowest BCUT2D eigenvalue weighted by Gasteiger charge is -2.34. The first kappa shape index (κ1) is 16.9. The third-order valence-electron chi connectivity index (χ3n) is 4.28. The number of unbranched alkanes of at least 4 members (excludes halogenated alkanes) is 1. The van der Waals surface area contributed by atoms with E-state index in [9.17, 15) is 0 Å². The van der Waals surface area contributed by atoms with Crippen LogP contribution in [0.1, 0.15) is 53.4 Å². The normalized spacial score (nSPS) is 20.1. The minimum atomic E-state index is 0.371. The molecule has 1 atom stereocenters. The van der Waals surface area contributed by atoms with Crippen LogP contribution in [0, 0.1) is 5.92 Å². The van der Waals surface area contributed by atoms with Gasteiger partial charge in [0.15, 0.2) is 0 Å². The fraction of sp³-hybridized carbons (Fsp3) is 1.00. The Labute approximate surface area is 120 Å². The van der Waals surface area contributed by atoms with Crippen LogP contribution in [0.25, 0.3) is 0 Å². The fourth-order valence-corrected chi connectivity index (χ4v) is 2.81. The Morgan fingerprint density at radius 2 is 1.84 bits per heavy atom. The first-order valence-corrected chi connectivity index (χ1v) is 8.20. The zero-order valence-corrected chi connectivity index (χ0v) is 13.5. The van der Waals surface area contributed by atoms with Crippen LogP contribution in [-0.2, 0) is 4.74 Å². The first-order chi connectivity index (χ1) is 9.13. The summed E-state index contributed by atoms with van der Waals surface area (Å²) in [4.78, 5) is 2.56. The Balaban J connectivity index is 2.00. The molecule has 19 heavy (non-hydrogen) atoms. The summed E-state index contributed by atoms with van der Waals surface area (Å²) in [5.41, 5.74) is 0. The molecular formula is C16H34N2O. The second kappa shape index (κ2) is 9.73. The highest BCUT2D eigenvalue weighted by Crippen LogP contribution is 2.20. The van der Waals surface area contributed by atoms with Crippen LogP contribution < -0.4 is 5.32 Å². The van der Waals surface area contributed by atoms with Crippen molar-refractivity contribution in [1.82, 2.24) is 10.2 Å². The van der Waals surface area contributed by atoms with Crippen molar-refractivity contribution in [2.45, 2.75) is 65.5 Å². The highest BCUT2D eigenvalue weighted by Gasteiger charge is 2.22. The number of hydrogen-bond acceptors (Lipinski definition) is 3. The van der Waals surface area contributed by atoms with Gasteiger partial charge in [-0.1, -0.05) is 6.92 Å². The van der Waals surface area contributed by atoms with E-state index in [1.165, 1.54) is 45.3 Å². The van der Waals surface area contributed by atoms with Gasteiger partial charge in [-0.25, -0.2) is 0 Å². The molecule has 0 amide bonds. The number of hydrogen-bond donors (Lipinski definition) is 1. The van der Waals surface area contributed by atoms with Crippen molar-refractivity contribution in [1.29, 1.82) is 0 Å². The molecule has 0 aromatic carbocycles. The van der Waals surface area contributed by atoms with Crippen LogP contribution in [0.5, 0.6) is 0 Å². The topological polar surface area (TPSA) is 24.5 Å². The van der Waals surface area contributed by atoms with Crippen molar-refractivity contribution in [3.05, 3.63) is 0 Å². The maximum atomic E-state index is 5.56. The number of nitrogens with one attached hydrogen (secondary N) is 1. The van der Waals surface area contributed by atoms with E-state index in [1.54, 1.807) is 0 Å². The van der Waals surface area contributed by atoms with Gasteiger partial charge < -0.3 is 15.0 Å². The molecule has 3 heteroatoms. The Morgan fingerprint density at radius 3 is 2.42 bits per heavy atom. The standard InChI is InChI=1S/C16H34N2O/c1-5-18-11-8-16(9-12-18)15(4)17-10-6-7-13-19-14(2)3/h14-17H,5-13H2,1-4H3. The minimum Gasteiger partial charge on any atom is -0.379 e. The van der Waals surface area contributed by atoms with Gasteiger partial charge in [0.1, 0.15) is 0 Å². The van der Waals surface area contributed by atoms with Crippen molar-refractivity contribution >= 4 is 0 Å². The number of likely N-dealkylation sites (tertiary alicyclic amines) is 1. The quantitative estimate of drug-likeness (QED) is 0.652. The van der Waals surface area contributed by atoms with Gasteiger partial charge in [0.2, 0.25) is 0 Å². The van der Waals surface area contributed by atoms with Crippen LogP contribution in [0.15, 0.2) is 0 Å². The molecule has 1 rings (SSSR count). The number of piperidine rings is 1. The lowest BCUT2D eigenvalue weighted by Crippen LogP contribution is -2.42. The molecule has 0 aromatic rings. The first-order valence-electron chi connectivity index (χ1n) is 8.20. The minimum absolute atomic E-state index is 0.371. The summed E-state index contributed by atoms with van der Waals surface area (Å²) in [6.07, 6.45) is 5.49. The van der Waals surface area contributed by atoms with Gasteiger partial charge in [-0.05, 0) is 78.6 Å². The van der Waals surface area contributed by atoms with E-state index in [-0.39, 0.29) is 0 Å². The lowest BCUT2D eigenvalue weighted by molar-refractivity contribution is 0.0757. The third kappa shape index (κ3) is 7.28. The number of ether oxygens (including phenoxy) is 1. The van der Waals surface area contributed by atoms with Crippen molar-refractivity contribution in [2.75, 3.05) is 32.8 Å². The van der Waals surface area contributed by atoms with Crippen LogP contribution in [0.4, 0.5) is 0 Å². The summed E-state index contributed by atoms with van der Waals surface area (Å²) in [5, 5.41) is 3.70. The van der Waals surface area contributed by atoms with Gasteiger partial charge in [-0.3, -0.25) is 0 Å². The highest BCUT2D eigenvalue weighted by molar-refractivity contribution is 4.79. The van der Waals surface area contributed by atoms with Gasteiger partial charge in [-0.2, -0.15) is 0 Å². The fourth-order valence-electron chi connectivity index (χ4n) is 2.81. The molecule has 114 valence electrons. The summed E-state index contributed by atoms with van der Waals surface area (Å²) in [6, 6.07) is 0.671. The average molecular weight is 270 g/mol. The van der Waals surface area contributed by atoms with Gasteiger partial charge in [0.05, 0.1) is 6.10 Å². The molecule has 1 unspecified atom stereocenters. The van der Waals surface area contributed by atoms with E-state index >= 15 is 0 Å². The Morgan fingerprint density at radius 1 is 1.16 bits per heavy atom. The van der Waals surface area contributed by atoms with E-state index in [1.807, 2.05) is 0 Å². The predicted molar refractivity (Wildman–Crippen MR) is 82.6 cm³/mol. The van der Waals surface area contributed by atoms with Crippen molar-refractivity contribution < 1.29 is 4.74 Å². The smallest absolute Gasteiger partial charge is 0.0518 e. The van der Waals surface area contributed by atoms with Crippen LogP contribution in [0.3, 0.4) is 0 Å². The van der Waals surface area contributed by atoms with Gasteiger partial charge in [0.25, 0.3) is 0 Å². The lowest BCUT2D eigenvalue weighted by atomic mass is 9.90. The summed E-state index contributed by atoms with van der Waals surface area (Å²) in [6.45, 7) is 14.7. The van der Waals surface area contributed by atoms with Crippen LogP contribution >= 0.6 is 0 Å². The van der Waals surface area contributed by atoms with E-state index in [4.69, 9.17) is 4.74 Å². The summed E-state index contributed by atoms with van der Waals surface area (Å²) < 4.78 is 5.56. The Hall–Kier alpha value is -0.120. The van der Waals surface area contributed by atoms with E-state index < -0.39 is 0 Å². The number of nitrogens with zero attached hydrogens (tertiary/aromatic N) is 1. The zero-order chi connectivity index (χ0) is 14.1. The number of rotatable bonds is 9. The SMILES string of the molecule is CCN1CCC(C(C)NCCCCOC(C)C)CC1. The molecule has 0 aromatic heterocycles. The van der Waals surface area contributed by atoms with Gasteiger partial charge in [0, 0.05) is 12.6 Å². The van der Waals surface area contributed by atoms with Gasteiger partial charge >= 0.3 is 0 Å². The maximum absolute atomic E-state index is 5.56. The van der Waals surface area contributed by atoms with Crippen molar-refractivity contribution in [2.24, 2.45) is 5.92 Å². The molecule has 1 fully saturated rings. The molecule has 0 radical (unpaired) electrons. The average Bonchev–Trinajstić information content (AvgIpc) is 2.42. The monoisotopic (exact) mass is 270 g/mol. The largest absolute Gasteiger partial charge is 0.379 e. The van der Waals surface area contributed by atoms with Crippen molar-refractivity contribution in [3.8, 4) is 0 Å². The molecule has 1 aliphatic rings. The second-order valence-corrected chi connectivity index (χ2v) is 6.14. The summed E-state index contributed by atoms with van der Waals surface area (Å²) in [5.74, 6) is 0.870. The molecule has 1 saturated heterocycles. The van der Waals surface area contributed by atoms with E-state index in [0.717, 1.165) is 19.1 Å². The van der Waals surface area contributed by atoms with Crippen LogP contribution in [0.2, 0.25) is 0 Å².